The third-order valence-electron chi connectivity index (χ3n) is 4.21. The predicted octanol–water partition coefficient (Wildman–Crippen LogP) is 3.88. The monoisotopic (exact) mass is 346 g/mol. The maximum atomic E-state index is 12.6. The van der Waals surface area contributed by atoms with Crippen LogP contribution in [0.1, 0.15) is 25.2 Å². The first-order chi connectivity index (χ1) is 12.5. The highest BCUT2D eigenvalue weighted by Crippen LogP contribution is 2.27. The maximum absolute atomic E-state index is 12.6. The molecule has 1 N–H and O–H groups in total. The standard InChI is InChI=1S/C20H18N4O2/c1-20(2,19(25)23-11-16-5-4-10-26-16)15-8-6-14(7-9-15)17-12-22-13-18(21-3)24-17/h4-10,12-13H,11H2,1-2H3,(H,23,25). The SMILES string of the molecule is [C-]#[N+]c1cncc(-c2ccc(C(C)(C)C(=O)NCc3ccco3)cc2)n1. The molecule has 0 bridgehead atoms. The van der Waals surface area contributed by atoms with Gasteiger partial charge in [-0.1, -0.05) is 30.8 Å². The fraction of sp³-hybridized carbons (Fsp3) is 0.200. The van der Waals surface area contributed by atoms with Crippen molar-refractivity contribution in [1.82, 2.24) is 15.3 Å². The minimum atomic E-state index is -0.699. The molecule has 0 unspecified atom stereocenters. The van der Waals surface area contributed by atoms with Gasteiger partial charge in [0.05, 0.1) is 30.6 Å². The fourth-order valence-electron chi connectivity index (χ4n) is 2.54. The van der Waals surface area contributed by atoms with Crippen LogP contribution in [0.2, 0.25) is 0 Å². The Bertz CT molecular complexity index is 939. The highest BCUT2D eigenvalue weighted by molar-refractivity contribution is 5.87. The topological polar surface area (TPSA) is 72.4 Å². The summed E-state index contributed by atoms with van der Waals surface area (Å²) in [6.07, 6.45) is 4.62. The molecule has 0 aliphatic carbocycles. The van der Waals surface area contributed by atoms with Crippen molar-refractivity contribution in [3.05, 3.63) is 77.8 Å². The molecule has 2 aromatic heterocycles. The highest BCUT2D eigenvalue weighted by Gasteiger charge is 2.29. The molecule has 6 heteroatoms. The molecule has 2 heterocycles. The van der Waals surface area contributed by atoms with E-state index in [0.717, 1.165) is 11.1 Å². The molecule has 0 spiro atoms. The quantitative estimate of drug-likeness (QED) is 0.712. The van der Waals surface area contributed by atoms with Crippen molar-refractivity contribution >= 4 is 11.7 Å². The Kier molecular flexibility index (Phi) is 4.81. The largest absolute Gasteiger partial charge is 0.467 e. The summed E-state index contributed by atoms with van der Waals surface area (Å²) in [6.45, 7) is 11.1. The number of amides is 1. The van der Waals surface area contributed by atoms with E-state index in [4.69, 9.17) is 11.0 Å². The molecule has 0 aliphatic rings. The molecule has 0 saturated carbocycles. The van der Waals surface area contributed by atoms with E-state index in [2.05, 4.69) is 20.1 Å². The van der Waals surface area contributed by atoms with E-state index in [1.54, 1.807) is 18.5 Å². The summed E-state index contributed by atoms with van der Waals surface area (Å²) < 4.78 is 5.24. The second kappa shape index (κ2) is 7.19. The van der Waals surface area contributed by atoms with Crippen LogP contribution in [0.4, 0.5) is 5.82 Å². The summed E-state index contributed by atoms with van der Waals surface area (Å²) in [5.74, 6) is 0.878. The smallest absolute Gasteiger partial charge is 0.288 e. The molecule has 0 radical (unpaired) electrons. The summed E-state index contributed by atoms with van der Waals surface area (Å²) in [7, 11) is 0. The van der Waals surface area contributed by atoms with Crippen molar-refractivity contribution in [2.24, 2.45) is 0 Å². The molecular weight excluding hydrogens is 328 g/mol. The molecule has 0 atom stereocenters. The van der Waals surface area contributed by atoms with E-state index in [1.807, 2.05) is 44.2 Å². The lowest BCUT2D eigenvalue weighted by molar-refractivity contribution is -0.125. The van der Waals surface area contributed by atoms with Crippen LogP contribution in [0.5, 0.6) is 0 Å². The van der Waals surface area contributed by atoms with Gasteiger partial charge in [-0.2, -0.15) is 0 Å². The van der Waals surface area contributed by atoms with Crippen LogP contribution in [0.15, 0.2) is 59.5 Å². The van der Waals surface area contributed by atoms with Crippen LogP contribution in [0.25, 0.3) is 16.1 Å². The second-order valence-electron chi connectivity index (χ2n) is 6.34. The van der Waals surface area contributed by atoms with Gasteiger partial charge in [-0.3, -0.25) is 9.78 Å². The number of hydrogen-bond acceptors (Lipinski definition) is 4. The number of rotatable bonds is 5. The molecule has 26 heavy (non-hydrogen) atoms. The zero-order valence-electron chi connectivity index (χ0n) is 14.6. The number of nitrogens with zero attached hydrogens (tertiary/aromatic N) is 3. The van der Waals surface area contributed by atoms with Crippen LogP contribution in [0, 0.1) is 6.57 Å². The first-order valence-corrected chi connectivity index (χ1v) is 8.12. The number of carbonyl (C=O) groups excluding carboxylic acids is 1. The van der Waals surface area contributed by atoms with Crippen LogP contribution in [-0.2, 0) is 16.8 Å². The molecular formula is C20H18N4O2. The van der Waals surface area contributed by atoms with Crippen molar-refractivity contribution in [3.8, 4) is 11.3 Å². The number of aromatic nitrogens is 2. The lowest BCUT2D eigenvalue weighted by Gasteiger charge is -2.24. The van der Waals surface area contributed by atoms with Crippen molar-refractivity contribution < 1.29 is 9.21 Å². The van der Waals surface area contributed by atoms with Gasteiger partial charge in [-0.25, -0.2) is 0 Å². The first kappa shape index (κ1) is 17.4. The Morgan fingerprint density at radius 3 is 2.65 bits per heavy atom. The number of hydrogen-bond donors (Lipinski definition) is 1. The lowest BCUT2D eigenvalue weighted by Crippen LogP contribution is -2.39. The van der Waals surface area contributed by atoms with Gasteiger partial charge < -0.3 is 14.6 Å². The average molecular weight is 346 g/mol. The van der Waals surface area contributed by atoms with Crippen molar-refractivity contribution in [1.29, 1.82) is 0 Å². The average Bonchev–Trinajstić information content (AvgIpc) is 3.19. The minimum Gasteiger partial charge on any atom is -0.467 e. The van der Waals surface area contributed by atoms with Gasteiger partial charge in [0.15, 0.2) is 5.69 Å². The van der Waals surface area contributed by atoms with Gasteiger partial charge in [0, 0.05) is 5.56 Å². The second-order valence-corrected chi connectivity index (χ2v) is 6.34. The van der Waals surface area contributed by atoms with Gasteiger partial charge >= 0.3 is 0 Å². The number of nitrogens with one attached hydrogen (secondary N) is 1. The molecule has 3 rings (SSSR count). The van der Waals surface area contributed by atoms with Crippen LogP contribution in [0.3, 0.4) is 0 Å². The number of carbonyl (C=O) groups is 1. The van der Waals surface area contributed by atoms with Crippen molar-refractivity contribution in [3.63, 3.8) is 0 Å². The van der Waals surface area contributed by atoms with Gasteiger partial charge in [-0.05, 0) is 31.5 Å². The van der Waals surface area contributed by atoms with E-state index in [0.29, 0.717) is 18.0 Å². The Labute approximate surface area is 151 Å². The number of benzene rings is 1. The van der Waals surface area contributed by atoms with E-state index >= 15 is 0 Å². The van der Waals surface area contributed by atoms with Gasteiger partial charge in [0.2, 0.25) is 5.91 Å². The normalized spacial score (nSPS) is 11.0. The van der Waals surface area contributed by atoms with Crippen LogP contribution >= 0.6 is 0 Å². The molecule has 1 aromatic carbocycles. The maximum Gasteiger partial charge on any atom is 0.288 e. The van der Waals surface area contributed by atoms with E-state index in [-0.39, 0.29) is 11.7 Å². The molecule has 0 saturated heterocycles. The summed E-state index contributed by atoms with van der Waals surface area (Å²) in [4.78, 5) is 24.2. The number of furan rings is 1. The Morgan fingerprint density at radius 1 is 1.23 bits per heavy atom. The molecule has 0 aliphatic heterocycles. The van der Waals surface area contributed by atoms with E-state index in [9.17, 15) is 4.79 Å². The highest BCUT2D eigenvalue weighted by atomic mass is 16.3. The molecule has 0 fully saturated rings. The zero-order valence-corrected chi connectivity index (χ0v) is 14.6. The van der Waals surface area contributed by atoms with E-state index in [1.165, 1.54) is 6.20 Å². The van der Waals surface area contributed by atoms with Crippen molar-refractivity contribution in [2.45, 2.75) is 25.8 Å². The Morgan fingerprint density at radius 2 is 2.00 bits per heavy atom. The van der Waals surface area contributed by atoms with E-state index < -0.39 is 5.41 Å². The molecule has 1 amide bonds. The van der Waals surface area contributed by atoms with Crippen LogP contribution in [-0.4, -0.2) is 15.9 Å². The lowest BCUT2D eigenvalue weighted by atomic mass is 9.83. The first-order valence-electron chi connectivity index (χ1n) is 8.12. The third kappa shape index (κ3) is 3.62. The van der Waals surface area contributed by atoms with Gasteiger partial charge in [-0.15, -0.1) is 4.98 Å². The zero-order chi connectivity index (χ0) is 18.6. The minimum absolute atomic E-state index is 0.0866. The summed E-state index contributed by atoms with van der Waals surface area (Å²) in [5.41, 5.74) is 1.66. The molecule has 130 valence electrons. The summed E-state index contributed by atoms with van der Waals surface area (Å²) in [6, 6.07) is 11.2. The van der Waals surface area contributed by atoms with Gasteiger partial charge in [0.1, 0.15) is 5.76 Å². The Balaban J connectivity index is 1.75. The fourth-order valence-corrected chi connectivity index (χ4v) is 2.54. The molecule has 3 aromatic rings. The van der Waals surface area contributed by atoms with Gasteiger partial charge in [0.25, 0.3) is 5.82 Å². The third-order valence-corrected chi connectivity index (χ3v) is 4.21. The van der Waals surface area contributed by atoms with Crippen LogP contribution < -0.4 is 5.32 Å². The summed E-state index contributed by atoms with van der Waals surface area (Å²) in [5, 5.41) is 2.90. The van der Waals surface area contributed by atoms with Crippen molar-refractivity contribution in [2.75, 3.05) is 0 Å². The molecule has 6 nitrogen and oxygen atoms in total. The predicted molar refractivity (Wildman–Crippen MR) is 97.3 cm³/mol. The summed E-state index contributed by atoms with van der Waals surface area (Å²) >= 11 is 0. The Hall–Kier alpha value is -3.46.